The van der Waals surface area contributed by atoms with E-state index in [4.69, 9.17) is 28.9 Å². The van der Waals surface area contributed by atoms with Crippen LogP contribution in [0, 0.1) is 0 Å². The van der Waals surface area contributed by atoms with Crippen LogP contribution in [0.1, 0.15) is 26.7 Å². The molecule has 1 amide bonds. The third-order valence-electron chi connectivity index (χ3n) is 2.99. The minimum atomic E-state index is -0.126. The molecule has 6 heteroatoms. The van der Waals surface area contributed by atoms with Gasteiger partial charge in [0.05, 0.1) is 22.9 Å². The summed E-state index contributed by atoms with van der Waals surface area (Å²) in [5, 5.41) is 3.55. The molecule has 3 N–H and O–H groups in total. The second-order valence-corrected chi connectivity index (χ2v) is 5.47. The molecule has 0 bridgehead atoms. The van der Waals surface area contributed by atoms with Crippen molar-refractivity contribution in [3.8, 4) is 0 Å². The van der Waals surface area contributed by atoms with E-state index in [0.29, 0.717) is 28.0 Å². The zero-order valence-corrected chi connectivity index (χ0v) is 13.4. The molecular weight excluding hydrogens is 297 g/mol. The number of carbonyl (C=O) groups is 1. The van der Waals surface area contributed by atoms with Gasteiger partial charge in [-0.05, 0) is 31.6 Å². The van der Waals surface area contributed by atoms with Crippen molar-refractivity contribution >= 4 is 40.5 Å². The molecule has 1 aromatic carbocycles. The lowest BCUT2D eigenvalue weighted by atomic mass is 10.2. The van der Waals surface area contributed by atoms with E-state index in [-0.39, 0.29) is 5.91 Å². The average Bonchev–Trinajstić information content (AvgIpc) is 2.38. The molecule has 1 rings (SSSR count). The lowest BCUT2D eigenvalue weighted by molar-refractivity contribution is -0.117. The van der Waals surface area contributed by atoms with Gasteiger partial charge in [0.25, 0.3) is 0 Å². The molecule has 0 saturated heterocycles. The Morgan fingerprint density at radius 2 is 2.05 bits per heavy atom. The van der Waals surface area contributed by atoms with Gasteiger partial charge in [0.1, 0.15) is 0 Å². The van der Waals surface area contributed by atoms with Gasteiger partial charge in [-0.1, -0.05) is 43.5 Å². The van der Waals surface area contributed by atoms with E-state index >= 15 is 0 Å². The standard InChI is InChI=1S/C14H21Cl2N3O/c1-3-5-6-19(4-2)9-13(20)18-14-11(16)7-10(15)8-12(14)17/h7-8H,3-6,9,17H2,1-2H3,(H,18,20). The minimum absolute atomic E-state index is 0.126. The highest BCUT2D eigenvalue weighted by atomic mass is 35.5. The molecule has 0 fully saturated rings. The van der Waals surface area contributed by atoms with Crippen molar-refractivity contribution in [2.45, 2.75) is 26.7 Å². The Morgan fingerprint density at radius 1 is 1.35 bits per heavy atom. The summed E-state index contributed by atoms with van der Waals surface area (Å²) in [5.74, 6) is -0.126. The number of nitrogen functional groups attached to an aromatic ring is 1. The number of anilines is 2. The first kappa shape index (κ1) is 17.1. The monoisotopic (exact) mass is 317 g/mol. The molecule has 0 radical (unpaired) electrons. The van der Waals surface area contributed by atoms with Gasteiger partial charge < -0.3 is 11.1 Å². The quantitative estimate of drug-likeness (QED) is 0.755. The van der Waals surface area contributed by atoms with Crippen LogP contribution in [0.2, 0.25) is 10.0 Å². The molecule has 0 saturated carbocycles. The lowest BCUT2D eigenvalue weighted by Crippen LogP contribution is -2.34. The zero-order valence-electron chi connectivity index (χ0n) is 11.9. The van der Waals surface area contributed by atoms with Gasteiger partial charge in [-0.15, -0.1) is 0 Å². The Kier molecular flexibility index (Phi) is 7.13. The first-order chi connectivity index (χ1) is 9.47. The normalized spacial score (nSPS) is 10.8. The minimum Gasteiger partial charge on any atom is -0.397 e. The average molecular weight is 318 g/mol. The van der Waals surface area contributed by atoms with Crippen molar-refractivity contribution in [1.82, 2.24) is 4.90 Å². The Labute approximate surface area is 130 Å². The Morgan fingerprint density at radius 3 is 2.60 bits per heavy atom. The Balaban J connectivity index is 2.66. The first-order valence-corrected chi connectivity index (χ1v) is 7.50. The van der Waals surface area contributed by atoms with Crippen LogP contribution in [0.3, 0.4) is 0 Å². The molecule has 0 atom stereocenters. The van der Waals surface area contributed by atoms with Gasteiger partial charge in [-0.25, -0.2) is 0 Å². The van der Waals surface area contributed by atoms with Gasteiger partial charge in [-0.3, -0.25) is 9.69 Å². The maximum Gasteiger partial charge on any atom is 0.238 e. The summed E-state index contributed by atoms with van der Waals surface area (Å²) in [7, 11) is 0. The number of nitrogens with one attached hydrogen (secondary N) is 1. The second-order valence-electron chi connectivity index (χ2n) is 4.62. The lowest BCUT2D eigenvalue weighted by Gasteiger charge is -2.20. The molecule has 4 nitrogen and oxygen atoms in total. The summed E-state index contributed by atoms with van der Waals surface area (Å²) >= 11 is 11.9. The van der Waals surface area contributed by atoms with Gasteiger partial charge >= 0.3 is 0 Å². The Bertz CT molecular complexity index is 443. The number of amides is 1. The van der Waals surface area contributed by atoms with E-state index in [1.165, 1.54) is 0 Å². The van der Waals surface area contributed by atoms with Gasteiger partial charge in [0.15, 0.2) is 0 Å². The summed E-state index contributed by atoms with van der Waals surface area (Å²) < 4.78 is 0. The molecule has 0 aliphatic rings. The predicted molar refractivity (Wildman–Crippen MR) is 86.5 cm³/mol. The van der Waals surface area contributed by atoms with E-state index in [2.05, 4.69) is 17.1 Å². The summed E-state index contributed by atoms with van der Waals surface area (Å²) in [4.78, 5) is 14.1. The summed E-state index contributed by atoms with van der Waals surface area (Å²) in [6.45, 7) is 6.23. The van der Waals surface area contributed by atoms with Crippen LogP contribution >= 0.6 is 23.2 Å². The molecule has 0 aliphatic carbocycles. The van der Waals surface area contributed by atoms with Crippen molar-refractivity contribution in [1.29, 1.82) is 0 Å². The fraction of sp³-hybridized carbons (Fsp3) is 0.500. The van der Waals surface area contributed by atoms with Gasteiger partial charge in [-0.2, -0.15) is 0 Å². The third-order valence-corrected chi connectivity index (χ3v) is 3.51. The molecular formula is C14H21Cl2N3O. The van der Waals surface area contributed by atoms with E-state index in [1.807, 2.05) is 6.92 Å². The molecule has 0 heterocycles. The highest BCUT2D eigenvalue weighted by Crippen LogP contribution is 2.31. The molecule has 0 unspecified atom stereocenters. The zero-order chi connectivity index (χ0) is 15.1. The first-order valence-electron chi connectivity index (χ1n) is 6.74. The smallest absolute Gasteiger partial charge is 0.238 e. The third kappa shape index (κ3) is 5.19. The SMILES string of the molecule is CCCCN(CC)CC(=O)Nc1c(N)cc(Cl)cc1Cl. The molecule has 0 spiro atoms. The number of benzene rings is 1. The number of hydrogen-bond donors (Lipinski definition) is 2. The summed E-state index contributed by atoms with van der Waals surface area (Å²) in [6, 6.07) is 3.13. The van der Waals surface area contributed by atoms with Crippen LogP contribution in [0.25, 0.3) is 0 Å². The van der Waals surface area contributed by atoms with Crippen LogP contribution in [-0.4, -0.2) is 30.4 Å². The van der Waals surface area contributed by atoms with E-state index in [1.54, 1.807) is 12.1 Å². The van der Waals surface area contributed by atoms with Gasteiger partial charge in [0, 0.05) is 5.02 Å². The molecule has 1 aromatic rings. The van der Waals surface area contributed by atoms with Crippen LogP contribution < -0.4 is 11.1 Å². The number of nitrogens with two attached hydrogens (primary N) is 1. The van der Waals surface area contributed by atoms with Crippen molar-refractivity contribution in [2.24, 2.45) is 0 Å². The van der Waals surface area contributed by atoms with Gasteiger partial charge in [0.2, 0.25) is 5.91 Å². The van der Waals surface area contributed by atoms with Crippen molar-refractivity contribution < 1.29 is 4.79 Å². The molecule has 112 valence electrons. The highest BCUT2D eigenvalue weighted by molar-refractivity contribution is 6.37. The largest absolute Gasteiger partial charge is 0.397 e. The van der Waals surface area contributed by atoms with E-state index in [9.17, 15) is 4.79 Å². The molecule has 0 aliphatic heterocycles. The number of nitrogens with zero attached hydrogens (tertiary/aromatic N) is 1. The number of carbonyl (C=O) groups excluding carboxylic acids is 1. The van der Waals surface area contributed by atoms with Crippen LogP contribution in [0.5, 0.6) is 0 Å². The number of hydrogen-bond acceptors (Lipinski definition) is 3. The molecule has 0 aromatic heterocycles. The number of likely N-dealkylation sites (N-methyl/N-ethyl adjacent to an activating group) is 1. The fourth-order valence-corrected chi connectivity index (χ4v) is 2.39. The maximum absolute atomic E-state index is 12.0. The summed E-state index contributed by atoms with van der Waals surface area (Å²) in [5.41, 5.74) is 6.61. The fourth-order valence-electron chi connectivity index (χ4n) is 1.84. The van der Waals surface area contributed by atoms with Crippen molar-refractivity contribution in [3.63, 3.8) is 0 Å². The van der Waals surface area contributed by atoms with Crippen LogP contribution in [0.15, 0.2) is 12.1 Å². The van der Waals surface area contributed by atoms with E-state index in [0.717, 1.165) is 25.9 Å². The number of rotatable bonds is 7. The summed E-state index contributed by atoms with van der Waals surface area (Å²) in [6.07, 6.45) is 2.18. The predicted octanol–water partition coefficient (Wildman–Crippen LogP) is 3.64. The number of halogens is 2. The molecule has 20 heavy (non-hydrogen) atoms. The topological polar surface area (TPSA) is 58.4 Å². The van der Waals surface area contributed by atoms with Crippen LogP contribution in [0.4, 0.5) is 11.4 Å². The number of unbranched alkanes of at least 4 members (excludes halogenated alkanes) is 1. The van der Waals surface area contributed by atoms with Crippen molar-refractivity contribution in [2.75, 3.05) is 30.7 Å². The van der Waals surface area contributed by atoms with Crippen LogP contribution in [-0.2, 0) is 4.79 Å². The highest BCUT2D eigenvalue weighted by Gasteiger charge is 2.13. The van der Waals surface area contributed by atoms with Crippen molar-refractivity contribution in [3.05, 3.63) is 22.2 Å². The maximum atomic E-state index is 12.0. The Hall–Kier alpha value is -0.970. The second kappa shape index (κ2) is 8.35. The van der Waals surface area contributed by atoms with E-state index < -0.39 is 0 Å².